The number of hydrazone groups is 1. The lowest BCUT2D eigenvalue weighted by atomic mass is 10.3. The van der Waals surface area contributed by atoms with Crippen LogP contribution < -0.4 is 10.3 Å². The third-order valence-electron chi connectivity index (χ3n) is 4.43. The van der Waals surface area contributed by atoms with Gasteiger partial charge in [0.1, 0.15) is 0 Å². The van der Waals surface area contributed by atoms with Crippen LogP contribution in [-0.4, -0.2) is 33.8 Å². The molecule has 0 saturated carbocycles. The number of halogens is 1. The molecule has 1 N–H and O–H groups in total. The highest BCUT2D eigenvalue weighted by Gasteiger charge is 2.18. The van der Waals surface area contributed by atoms with Crippen LogP contribution in [0.5, 0.6) is 0 Å². The number of nitrogens with zero attached hydrogens (tertiary/aromatic N) is 5. The SMILES string of the molecule is CCn1c(C)cc(/C=N/Nc2ncc(F)c(N3CCCC3)n2)c1C. The Morgan fingerprint density at radius 2 is 2.08 bits per heavy atom. The fourth-order valence-electron chi connectivity index (χ4n) is 3.17. The van der Waals surface area contributed by atoms with Gasteiger partial charge in [0, 0.05) is 36.6 Å². The van der Waals surface area contributed by atoms with Gasteiger partial charge in [0.25, 0.3) is 0 Å². The first kappa shape index (κ1) is 16.4. The topological polar surface area (TPSA) is 58.3 Å². The van der Waals surface area contributed by atoms with E-state index in [-0.39, 0.29) is 0 Å². The first-order chi connectivity index (χ1) is 11.6. The Bertz CT molecular complexity index is 746. The highest BCUT2D eigenvalue weighted by Crippen LogP contribution is 2.21. The van der Waals surface area contributed by atoms with E-state index >= 15 is 0 Å². The summed E-state index contributed by atoms with van der Waals surface area (Å²) in [7, 11) is 0. The first-order valence-electron chi connectivity index (χ1n) is 8.33. The standard InChI is InChI=1S/C17H23FN6/c1-4-24-12(2)9-14(13(24)3)10-20-22-17-19-11-15(18)16(21-17)23-7-5-6-8-23/h9-11H,4-8H2,1-3H3,(H,19,21,22)/b20-10+. The second-order valence-corrected chi connectivity index (χ2v) is 6.00. The predicted molar refractivity (Wildman–Crippen MR) is 94.2 cm³/mol. The molecule has 0 aliphatic carbocycles. The van der Waals surface area contributed by atoms with Crippen molar-refractivity contribution >= 4 is 18.0 Å². The molecule has 0 bridgehead atoms. The number of aromatic nitrogens is 3. The minimum atomic E-state index is -0.391. The van der Waals surface area contributed by atoms with Crippen LogP contribution in [0.25, 0.3) is 0 Å². The molecule has 3 heterocycles. The molecule has 1 saturated heterocycles. The molecule has 0 atom stereocenters. The summed E-state index contributed by atoms with van der Waals surface area (Å²) in [5, 5.41) is 4.20. The number of rotatable bonds is 5. The summed E-state index contributed by atoms with van der Waals surface area (Å²) in [6.45, 7) is 8.86. The minimum absolute atomic E-state index is 0.304. The Hall–Kier alpha value is -2.44. The summed E-state index contributed by atoms with van der Waals surface area (Å²) in [6.07, 6.45) is 5.08. The molecule has 0 amide bonds. The summed E-state index contributed by atoms with van der Waals surface area (Å²) in [5.41, 5.74) is 6.21. The van der Waals surface area contributed by atoms with Gasteiger partial charge in [-0.3, -0.25) is 0 Å². The van der Waals surface area contributed by atoms with Gasteiger partial charge in [-0.15, -0.1) is 0 Å². The number of aryl methyl sites for hydroxylation is 1. The zero-order valence-electron chi connectivity index (χ0n) is 14.4. The molecule has 3 rings (SSSR count). The van der Waals surface area contributed by atoms with E-state index < -0.39 is 5.82 Å². The Morgan fingerprint density at radius 1 is 1.33 bits per heavy atom. The van der Waals surface area contributed by atoms with Crippen molar-refractivity contribution in [2.75, 3.05) is 23.4 Å². The summed E-state index contributed by atoms with van der Waals surface area (Å²) in [4.78, 5) is 10.2. The van der Waals surface area contributed by atoms with E-state index in [0.717, 1.165) is 38.0 Å². The quantitative estimate of drug-likeness (QED) is 0.676. The molecule has 1 aliphatic rings. The maximum Gasteiger partial charge on any atom is 0.245 e. The van der Waals surface area contributed by atoms with Crippen LogP contribution in [0.4, 0.5) is 16.2 Å². The van der Waals surface area contributed by atoms with Gasteiger partial charge < -0.3 is 9.47 Å². The van der Waals surface area contributed by atoms with Crippen LogP contribution in [0.15, 0.2) is 17.4 Å². The molecule has 0 unspecified atom stereocenters. The number of hydrogen-bond donors (Lipinski definition) is 1. The van der Waals surface area contributed by atoms with Crippen molar-refractivity contribution in [3.8, 4) is 0 Å². The van der Waals surface area contributed by atoms with Gasteiger partial charge in [-0.05, 0) is 39.7 Å². The van der Waals surface area contributed by atoms with Crippen LogP contribution in [0, 0.1) is 19.7 Å². The van der Waals surface area contributed by atoms with E-state index in [1.807, 2.05) is 4.90 Å². The second kappa shape index (κ2) is 6.98. The van der Waals surface area contributed by atoms with Crippen LogP contribution in [-0.2, 0) is 6.54 Å². The van der Waals surface area contributed by atoms with Gasteiger partial charge in [-0.1, -0.05) is 0 Å². The summed E-state index contributed by atoms with van der Waals surface area (Å²) in [5.74, 6) is 0.265. The van der Waals surface area contributed by atoms with E-state index in [4.69, 9.17) is 0 Å². The average Bonchev–Trinajstić information content (AvgIpc) is 3.18. The largest absolute Gasteiger partial charge is 0.354 e. The van der Waals surface area contributed by atoms with Crippen molar-refractivity contribution in [1.82, 2.24) is 14.5 Å². The number of anilines is 2. The lowest BCUT2D eigenvalue weighted by molar-refractivity contribution is 0.608. The molecular weight excluding hydrogens is 307 g/mol. The number of hydrogen-bond acceptors (Lipinski definition) is 5. The molecule has 6 nitrogen and oxygen atoms in total. The summed E-state index contributed by atoms with van der Waals surface area (Å²) < 4.78 is 16.1. The highest BCUT2D eigenvalue weighted by atomic mass is 19.1. The summed E-state index contributed by atoms with van der Waals surface area (Å²) >= 11 is 0. The van der Waals surface area contributed by atoms with Gasteiger partial charge in [0.05, 0.1) is 12.4 Å². The van der Waals surface area contributed by atoms with Gasteiger partial charge in [-0.25, -0.2) is 14.8 Å². The molecule has 24 heavy (non-hydrogen) atoms. The second-order valence-electron chi connectivity index (χ2n) is 6.00. The van der Waals surface area contributed by atoms with Crippen LogP contribution in [0.1, 0.15) is 36.7 Å². The molecule has 128 valence electrons. The Balaban J connectivity index is 1.73. The minimum Gasteiger partial charge on any atom is -0.354 e. The number of nitrogens with one attached hydrogen (secondary N) is 1. The zero-order chi connectivity index (χ0) is 17.1. The van der Waals surface area contributed by atoms with Gasteiger partial charge >= 0.3 is 0 Å². The van der Waals surface area contributed by atoms with Crippen LogP contribution in [0.2, 0.25) is 0 Å². The van der Waals surface area contributed by atoms with Crippen molar-refractivity contribution in [3.05, 3.63) is 35.0 Å². The van der Waals surface area contributed by atoms with E-state index in [9.17, 15) is 4.39 Å². The molecule has 2 aromatic rings. The van der Waals surface area contributed by atoms with Crippen molar-refractivity contribution in [2.24, 2.45) is 5.10 Å². The monoisotopic (exact) mass is 330 g/mol. The van der Waals surface area contributed by atoms with Gasteiger partial charge in [-0.2, -0.15) is 10.1 Å². The molecule has 2 aromatic heterocycles. The normalized spacial score (nSPS) is 14.8. The molecule has 0 radical (unpaired) electrons. The lowest BCUT2D eigenvalue weighted by Crippen LogP contribution is -2.21. The maximum absolute atomic E-state index is 13.9. The highest BCUT2D eigenvalue weighted by molar-refractivity contribution is 5.82. The fourth-order valence-corrected chi connectivity index (χ4v) is 3.17. The van der Waals surface area contributed by atoms with Gasteiger partial charge in [0.15, 0.2) is 11.6 Å². The summed E-state index contributed by atoms with van der Waals surface area (Å²) in [6, 6.07) is 2.09. The van der Waals surface area contributed by atoms with Crippen molar-refractivity contribution < 1.29 is 4.39 Å². The molecule has 0 aromatic carbocycles. The smallest absolute Gasteiger partial charge is 0.245 e. The molecular formula is C17H23FN6. The predicted octanol–water partition coefficient (Wildman–Crippen LogP) is 3.10. The van der Waals surface area contributed by atoms with E-state index in [1.54, 1.807) is 6.21 Å². The van der Waals surface area contributed by atoms with E-state index in [1.165, 1.54) is 17.6 Å². The third kappa shape index (κ3) is 3.25. The first-order valence-corrected chi connectivity index (χ1v) is 8.33. The molecule has 1 fully saturated rings. The average molecular weight is 330 g/mol. The Morgan fingerprint density at radius 3 is 2.75 bits per heavy atom. The molecule has 0 spiro atoms. The maximum atomic E-state index is 13.9. The fraction of sp³-hybridized carbons (Fsp3) is 0.471. The van der Waals surface area contributed by atoms with E-state index in [0.29, 0.717) is 11.8 Å². The molecule has 1 aliphatic heterocycles. The lowest BCUT2D eigenvalue weighted by Gasteiger charge is -2.16. The zero-order valence-corrected chi connectivity index (χ0v) is 14.4. The third-order valence-corrected chi connectivity index (χ3v) is 4.43. The van der Waals surface area contributed by atoms with Crippen LogP contribution in [0.3, 0.4) is 0 Å². The van der Waals surface area contributed by atoms with Crippen molar-refractivity contribution in [2.45, 2.75) is 40.2 Å². The van der Waals surface area contributed by atoms with Crippen LogP contribution >= 0.6 is 0 Å². The van der Waals surface area contributed by atoms with Gasteiger partial charge in [0.2, 0.25) is 5.95 Å². The Kier molecular flexibility index (Phi) is 4.78. The Labute approximate surface area is 141 Å². The van der Waals surface area contributed by atoms with Crippen molar-refractivity contribution in [1.29, 1.82) is 0 Å². The molecule has 7 heteroatoms. The van der Waals surface area contributed by atoms with Crippen molar-refractivity contribution in [3.63, 3.8) is 0 Å². The van der Waals surface area contributed by atoms with E-state index in [2.05, 4.69) is 51.9 Å².